The van der Waals surface area contributed by atoms with Crippen LogP contribution in [0.2, 0.25) is 0 Å². The normalized spacial score (nSPS) is 15.2. The summed E-state index contributed by atoms with van der Waals surface area (Å²) in [6.07, 6.45) is 2.62. The number of hydrogen-bond acceptors (Lipinski definition) is 3. The zero-order valence-corrected chi connectivity index (χ0v) is 9.29. The number of benzene rings is 1. The van der Waals surface area contributed by atoms with Gasteiger partial charge in [-0.3, -0.25) is 4.99 Å². The van der Waals surface area contributed by atoms with E-state index in [0.29, 0.717) is 0 Å². The largest absolute Gasteiger partial charge is 0.464 e. The summed E-state index contributed by atoms with van der Waals surface area (Å²) in [6, 6.07) is 6.27. The summed E-state index contributed by atoms with van der Waals surface area (Å²) in [5.74, 6) is 1.09. The summed E-state index contributed by atoms with van der Waals surface area (Å²) in [7, 11) is 0. The first kappa shape index (κ1) is 9.46. The molecule has 1 N–H and O–H groups in total. The molecule has 3 nitrogen and oxygen atoms in total. The van der Waals surface area contributed by atoms with E-state index in [9.17, 15) is 0 Å². The molecule has 82 valence electrons. The van der Waals surface area contributed by atoms with Gasteiger partial charge in [-0.2, -0.15) is 0 Å². The highest BCUT2D eigenvalue weighted by atomic mass is 16.3. The SMILES string of the molecule is Cc1c(CC2=NCCN2)ccc2ccoc12. The van der Waals surface area contributed by atoms with Crippen LogP contribution in [0.25, 0.3) is 11.0 Å². The molecule has 3 heteroatoms. The lowest BCUT2D eigenvalue weighted by atomic mass is 10.0. The summed E-state index contributed by atoms with van der Waals surface area (Å²) in [5.41, 5.74) is 3.51. The van der Waals surface area contributed by atoms with E-state index in [2.05, 4.69) is 29.4 Å². The second-order valence-electron chi connectivity index (χ2n) is 4.12. The van der Waals surface area contributed by atoms with E-state index in [1.807, 2.05) is 6.07 Å². The maximum absolute atomic E-state index is 5.49. The third kappa shape index (κ3) is 1.48. The maximum atomic E-state index is 5.49. The summed E-state index contributed by atoms with van der Waals surface area (Å²) in [6.45, 7) is 3.98. The Kier molecular flexibility index (Phi) is 2.17. The van der Waals surface area contributed by atoms with Crippen LogP contribution in [0.5, 0.6) is 0 Å². The monoisotopic (exact) mass is 214 g/mol. The lowest BCUT2D eigenvalue weighted by Gasteiger charge is -2.06. The molecule has 0 bridgehead atoms. The Balaban J connectivity index is 1.99. The zero-order valence-electron chi connectivity index (χ0n) is 9.29. The molecule has 1 aliphatic rings. The lowest BCUT2D eigenvalue weighted by Crippen LogP contribution is -2.20. The van der Waals surface area contributed by atoms with Crippen molar-refractivity contribution in [2.75, 3.05) is 13.1 Å². The van der Waals surface area contributed by atoms with Crippen molar-refractivity contribution in [3.05, 3.63) is 35.6 Å². The predicted octanol–water partition coefficient (Wildman–Crippen LogP) is 2.29. The van der Waals surface area contributed by atoms with E-state index in [1.165, 1.54) is 16.5 Å². The van der Waals surface area contributed by atoms with Gasteiger partial charge in [-0.15, -0.1) is 0 Å². The van der Waals surface area contributed by atoms with Crippen molar-refractivity contribution in [1.29, 1.82) is 0 Å². The molecule has 0 saturated heterocycles. The van der Waals surface area contributed by atoms with Crippen LogP contribution in [0.15, 0.2) is 33.9 Å². The Morgan fingerprint density at radius 2 is 2.31 bits per heavy atom. The summed E-state index contributed by atoms with van der Waals surface area (Å²) in [4.78, 5) is 4.41. The van der Waals surface area contributed by atoms with Gasteiger partial charge in [0, 0.05) is 18.4 Å². The van der Waals surface area contributed by atoms with Gasteiger partial charge in [0.15, 0.2) is 0 Å². The van der Waals surface area contributed by atoms with E-state index in [0.717, 1.165) is 30.9 Å². The fourth-order valence-corrected chi connectivity index (χ4v) is 2.15. The van der Waals surface area contributed by atoms with Crippen LogP contribution in [-0.4, -0.2) is 18.9 Å². The fraction of sp³-hybridized carbons (Fsp3) is 0.308. The van der Waals surface area contributed by atoms with Crippen molar-refractivity contribution in [2.45, 2.75) is 13.3 Å². The molecule has 0 atom stereocenters. The highest BCUT2D eigenvalue weighted by Gasteiger charge is 2.10. The Morgan fingerprint density at radius 1 is 1.38 bits per heavy atom. The molecule has 0 unspecified atom stereocenters. The molecule has 16 heavy (non-hydrogen) atoms. The number of aliphatic imine (C=N–C) groups is 1. The number of nitrogens with one attached hydrogen (secondary N) is 1. The summed E-state index contributed by atoms with van der Waals surface area (Å²) in [5, 5.41) is 4.46. The number of furan rings is 1. The van der Waals surface area contributed by atoms with E-state index < -0.39 is 0 Å². The van der Waals surface area contributed by atoms with Crippen LogP contribution in [-0.2, 0) is 6.42 Å². The Hall–Kier alpha value is -1.77. The third-order valence-electron chi connectivity index (χ3n) is 3.08. The van der Waals surface area contributed by atoms with Crippen molar-refractivity contribution in [3.63, 3.8) is 0 Å². The average Bonchev–Trinajstić information content (AvgIpc) is 2.93. The molecular formula is C13H14N2O. The molecule has 0 aliphatic carbocycles. The third-order valence-corrected chi connectivity index (χ3v) is 3.08. The smallest absolute Gasteiger partial charge is 0.137 e. The topological polar surface area (TPSA) is 37.5 Å². The van der Waals surface area contributed by atoms with Gasteiger partial charge in [0.1, 0.15) is 11.4 Å². The van der Waals surface area contributed by atoms with Crippen molar-refractivity contribution in [3.8, 4) is 0 Å². The van der Waals surface area contributed by atoms with Gasteiger partial charge in [-0.1, -0.05) is 12.1 Å². The van der Waals surface area contributed by atoms with Gasteiger partial charge in [0.05, 0.1) is 12.8 Å². The lowest BCUT2D eigenvalue weighted by molar-refractivity contribution is 0.613. The molecular weight excluding hydrogens is 200 g/mol. The van der Waals surface area contributed by atoms with Gasteiger partial charge >= 0.3 is 0 Å². The molecule has 3 rings (SSSR count). The summed E-state index contributed by atoms with van der Waals surface area (Å²) < 4.78 is 5.49. The minimum absolute atomic E-state index is 0.877. The second-order valence-corrected chi connectivity index (χ2v) is 4.12. The van der Waals surface area contributed by atoms with Crippen molar-refractivity contribution in [2.24, 2.45) is 4.99 Å². The minimum Gasteiger partial charge on any atom is -0.464 e. The molecule has 1 aliphatic heterocycles. The molecule has 0 saturated carbocycles. The average molecular weight is 214 g/mol. The van der Waals surface area contributed by atoms with E-state index in [-0.39, 0.29) is 0 Å². The molecule has 0 fully saturated rings. The number of fused-ring (bicyclic) bond motifs is 1. The Morgan fingerprint density at radius 3 is 3.12 bits per heavy atom. The van der Waals surface area contributed by atoms with Crippen LogP contribution in [0, 0.1) is 6.92 Å². The van der Waals surface area contributed by atoms with Crippen molar-refractivity contribution < 1.29 is 4.42 Å². The highest BCUT2D eigenvalue weighted by Crippen LogP contribution is 2.23. The first-order valence-corrected chi connectivity index (χ1v) is 5.57. The van der Waals surface area contributed by atoms with Crippen LogP contribution in [0.1, 0.15) is 11.1 Å². The molecule has 0 radical (unpaired) electrons. The van der Waals surface area contributed by atoms with E-state index >= 15 is 0 Å². The van der Waals surface area contributed by atoms with Gasteiger partial charge in [0.25, 0.3) is 0 Å². The zero-order chi connectivity index (χ0) is 11.0. The van der Waals surface area contributed by atoms with Crippen LogP contribution in [0.4, 0.5) is 0 Å². The van der Waals surface area contributed by atoms with Crippen LogP contribution < -0.4 is 5.32 Å². The number of hydrogen-bond donors (Lipinski definition) is 1. The van der Waals surface area contributed by atoms with Gasteiger partial charge in [0.2, 0.25) is 0 Å². The number of amidine groups is 1. The van der Waals surface area contributed by atoms with Crippen LogP contribution in [0.3, 0.4) is 0 Å². The number of rotatable bonds is 2. The Bertz CT molecular complexity index is 554. The predicted molar refractivity (Wildman–Crippen MR) is 65.0 cm³/mol. The maximum Gasteiger partial charge on any atom is 0.137 e. The highest BCUT2D eigenvalue weighted by molar-refractivity contribution is 5.88. The van der Waals surface area contributed by atoms with Gasteiger partial charge < -0.3 is 9.73 Å². The second kappa shape index (κ2) is 3.67. The van der Waals surface area contributed by atoms with Crippen LogP contribution >= 0.6 is 0 Å². The van der Waals surface area contributed by atoms with E-state index in [1.54, 1.807) is 6.26 Å². The summed E-state index contributed by atoms with van der Waals surface area (Å²) >= 11 is 0. The number of nitrogens with zero attached hydrogens (tertiary/aromatic N) is 1. The standard InChI is InChI=1S/C13H14N2O/c1-9-11(8-12-14-5-6-15-12)3-2-10-4-7-16-13(9)10/h2-4,7H,5-6,8H2,1H3,(H,14,15). The number of aryl methyl sites for hydroxylation is 1. The molecule has 1 aromatic heterocycles. The molecule has 2 heterocycles. The fourth-order valence-electron chi connectivity index (χ4n) is 2.15. The first-order valence-electron chi connectivity index (χ1n) is 5.57. The molecule has 0 amide bonds. The van der Waals surface area contributed by atoms with Crippen molar-refractivity contribution >= 4 is 16.8 Å². The van der Waals surface area contributed by atoms with Crippen molar-refractivity contribution in [1.82, 2.24) is 5.32 Å². The molecule has 1 aromatic carbocycles. The molecule has 0 spiro atoms. The Labute approximate surface area is 94.2 Å². The molecule has 2 aromatic rings. The van der Waals surface area contributed by atoms with Gasteiger partial charge in [-0.25, -0.2) is 0 Å². The minimum atomic E-state index is 0.877. The quantitative estimate of drug-likeness (QED) is 0.832. The first-order chi connectivity index (χ1) is 7.84. The van der Waals surface area contributed by atoms with E-state index in [4.69, 9.17) is 4.42 Å². The van der Waals surface area contributed by atoms with Gasteiger partial charge in [-0.05, 0) is 24.1 Å².